The van der Waals surface area contributed by atoms with Gasteiger partial charge in [-0.1, -0.05) is 464 Å². The molecule has 0 radical (unpaired) electrons. The van der Waals surface area contributed by atoms with Crippen molar-refractivity contribution in [3.63, 3.8) is 0 Å². The van der Waals surface area contributed by atoms with Gasteiger partial charge in [0.25, 0.3) is 0 Å². The molecule has 14 rings (SSSR count). The van der Waals surface area contributed by atoms with Crippen molar-refractivity contribution in [2.75, 3.05) is 0 Å². The minimum absolute atomic E-state index is 0.0415. The fraction of sp³-hybridized carbons (Fsp3) is 0.429. The van der Waals surface area contributed by atoms with Crippen LogP contribution in [-0.4, -0.2) is 175 Å². The summed E-state index contributed by atoms with van der Waals surface area (Å²) >= 11 is 0. The summed E-state index contributed by atoms with van der Waals surface area (Å²) in [6, 6.07) is 63.6. The van der Waals surface area contributed by atoms with E-state index >= 15 is 0 Å². The minimum atomic E-state index is -5.40. The summed E-state index contributed by atoms with van der Waals surface area (Å²) in [6.45, 7) is 66.6. The third-order valence-corrected chi connectivity index (χ3v) is 102. The molecule has 0 amide bonds. The lowest BCUT2D eigenvalue weighted by Crippen LogP contribution is -2.87. The second-order valence-corrected chi connectivity index (χ2v) is 105. The molecule has 0 spiro atoms. The molecular weight excluding hydrogens is 2110 g/mol. The van der Waals surface area contributed by atoms with E-state index in [1.165, 1.54) is 0 Å². The normalized spacial score (nSPS) is 24.1. The Morgan fingerprint density at radius 3 is 0.264 bits per heavy atom. The lowest BCUT2D eigenvalue weighted by Gasteiger charge is -2.60. The topological polar surface area (TPSA) is 273 Å². The average molecular weight is 2280 g/mol. The molecule has 0 aliphatic carbocycles. The number of hydrogen-bond donors (Lipinski definition) is 8. The summed E-state index contributed by atoms with van der Waals surface area (Å²) in [5, 5.41) is 6.81. The van der Waals surface area contributed by atoms with E-state index in [-0.39, 0.29) is 88.7 Å². The maximum atomic E-state index is 12.9. The molecule has 6 heterocycles. The molecule has 6 aliphatic rings. The van der Waals surface area contributed by atoms with Crippen LogP contribution in [0.1, 0.15) is 266 Å². The molecule has 0 saturated carbocycles. The third-order valence-electron chi connectivity index (χ3n) is 32.3. The molecule has 0 unspecified atom stereocenters. The van der Waals surface area contributed by atoms with Crippen LogP contribution >= 0.6 is 0 Å². The number of hydrogen-bond acceptors (Lipinski definition) is 20. The van der Waals surface area contributed by atoms with Crippen LogP contribution in [0, 0.1) is 0 Å². The lowest BCUT2D eigenvalue weighted by atomic mass is 10.2. The molecule has 148 heavy (non-hydrogen) atoms. The molecular formula is C112H168O20Si16. The zero-order chi connectivity index (χ0) is 109. The van der Waals surface area contributed by atoms with Gasteiger partial charge in [0.1, 0.15) is 0 Å². The monoisotopic (exact) mass is 2280 g/mol. The lowest BCUT2D eigenvalue weighted by molar-refractivity contribution is -0.00569. The van der Waals surface area contributed by atoms with Gasteiger partial charge >= 0.3 is 70.4 Å². The Balaban J connectivity index is 1.24. The van der Waals surface area contributed by atoms with Crippen LogP contribution < -0.4 is 41.5 Å². The highest BCUT2D eigenvalue weighted by Crippen LogP contribution is 2.53. The summed E-state index contributed by atoms with van der Waals surface area (Å²) in [4.78, 5) is 103. The van der Waals surface area contributed by atoms with Crippen molar-refractivity contribution in [3.8, 4) is 0 Å². The van der Waals surface area contributed by atoms with Gasteiger partial charge in [0.15, 0.2) is 0 Å². The molecule has 6 fully saturated rings. The van der Waals surface area contributed by atoms with Gasteiger partial charge in [-0.3, -0.25) is 0 Å². The van der Waals surface area contributed by atoms with E-state index < -0.39 is 137 Å². The highest BCUT2D eigenvalue weighted by Gasteiger charge is 2.83. The maximum Gasteiger partial charge on any atom is 0.508 e. The third kappa shape index (κ3) is 23.8. The van der Waals surface area contributed by atoms with E-state index in [9.17, 15) is 38.4 Å². The highest BCUT2D eigenvalue weighted by atomic mass is 28.6. The molecule has 8 bridgehead atoms. The van der Waals surface area contributed by atoms with Crippen LogP contribution in [0.25, 0.3) is 48.6 Å². The van der Waals surface area contributed by atoms with Crippen molar-refractivity contribution in [1.29, 1.82) is 0 Å². The van der Waals surface area contributed by atoms with Crippen molar-refractivity contribution in [3.05, 3.63) is 284 Å². The van der Waals surface area contributed by atoms with Crippen molar-refractivity contribution in [1.82, 2.24) is 0 Å². The van der Waals surface area contributed by atoms with Crippen LogP contribution in [0.4, 0.5) is 0 Å². The molecule has 0 atom stereocenters. The Hall–Kier alpha value is -5.65. The second kappa shape index (κ2) is 45.9. The Labute approximate surface area is 901 Å². The minimum Gasteiger partial charge on any atom is -0.427 e. The summed E-state index contributed by atoms with van der Waals surface area (Å²) in [6.07, 6.45) is 15.0. The van der Waals surface area contributed by atoms with E-state index in [1.807, 2.05) is 243 Å². The van der Waals surface area contributed by atoms with Crippen LogP contribution in [0.5, 0.6) is 0 Å². The predicted molar refractivity (Wildman–Crippen MR) is 645 cm³/mol. The summed E-state index contributed by atoms with van der Waals surface area (Å²) in [5.74, 6) is 0. The van der Waals surface area contributed by atoms with Crippen LogP contribution in [-0.2, 0) is 49.4 Å². The van der Waals surface area contributed by atoms with Crippen molar-refractivity contribution in [2.45, 2.75) is 310 Å². The first-order valence-electron chi connectivity index (χ1n) is 53.6. The fourth-order valence-electron chi connectivity index (χ4n) is 22.8. The highest BCUT2D eigenvalue weighted by molar-refractivity contribution is 7.09. The first kappa shape index (κ1) is 119. The Morgan fingerprint density at radius 2 is 0.203 bits per heavy atom. The zero-order valence-corrected chi connectivity index (χ0v) is 109. The molecule has 8 N–H and O–H groups in total. The van der Waals surface area contributed by atoms with Crippen molar-refractivity contribution in [2.24, 2.45) is 0 Å². The molecule has 20 nitrogen and oxygen atoms in total. The van der Waals surface area contributed by atoms with Gasteiger partial charge in [0, 0.05) is 0 Å². The first-order valence-corrected chi connectivity index (χ1v) is 84.9. The number of benzene rings is 8. The predicted octanol–water partition coefficient (Wildman–Crippen LogP) is 21.5. The van der Waals surface area contributed by atoms with Gasteiger partial charge in [-0.2, -0.15) is 0 Å². The van der Waals surface area contributed by atoms with Gasteiger partial charge < -0.3 is 87.7 Å². The van der Waals surface area contributed by atoms with Gasteiger partial charge in [-0.25, -0.2) is 0 Å². The molecule has 8 aromatic carbocycles. The van der Waals surface area contributed by atoms with Crippen LogP contribution in [0.2, 0.25) is 88.7 Å². The Kier molecular flexibility index (Phi) is 37.0. The van der Waals surface area contributed by atoms with Gasteiger partial charge in [-0.15, -0.1) is 0 Å². The van der Waals surface area contributed by atoms with Crippen LogP contribution in [0.15, 0.2) is 240 Å². The van der Waals surface area contributed by atoms with E-state index in [4.69, 9.17) is 49.4 Å². The van der Waals surface area contributed by atoms with Crippen molar-refractivity contribution < 1.29 is 87.7 Å². The average Bonchev–Trinajstić information content (AvgIpc) is 0.681. The summed E-state index contributed by atoms with van der Waals surface area (Å²) in [7, 11) is -68.4. The molecule has 8 aromatic rings. The molecule has 36 heteroatoms. The molecule has 6 aliphatic heterocycles. The smallest absolute Gasteiger partial charge is 0.427 e. The van der Waals surface area contributed by atoms with Gasteiger partial charge in [0.05, 0.1) is 0 Å². The van der Waals surface area contributed by atoms with E-state index in [0.717, 1.165) is 41.5 Å². The largest absolute Gasteiger partial charge is 0.508 e. The molecule has 6 saturated heterocycles. The van der Waals surface area contributed by atoms with Crippen molar-refractivity contribution >= 4 is 227 Å². The van der Waals surface area contributed by atoms with E-state index in [0.29, 0.717) is 44.5 Å². The SMILES string of the molecule is CC(C)[Si](O)(c1ccc(C=C[Si]23O[Si]4(C=Cc5ccc([Si](O)(C(C)C)C(C)C)cc5)O[Si]5(C=Cc6ccc([Si](O)(C(C)C)C(C)C)cc6)O[Si](C=Cc6ccc([Si](O)(C(C)C)C(C)C)cc6)(O2)O[Si]2(C=Cc6ccc([Si](O)(C(C)C)C(C)C)cc6)O[Si](C=Cc6ccc([Si](O)(C(C)C)C(C)C)cc6)(O3)O[Si](C=Cc3ccc([Si](O)(C(C)C)C(C)C)cc3)(O4)O[Si](C=Cc3ccc([Si](O)(C(C)C)C(C)C)cc3)(O5)O2)cc1)C(C)C. The fourth-order valence-corrected chi connectivity index (χ4v) is 91.5. The Morgan fingerprint density at radius 1 is 0.135 bits per heavy atom. The number of rotatable bonds is 40. The van der Waals surface area contributed by atoms with E-state index in [2.05, 4.69) is 222 Å². The quantitative estimate of drug-likeness (QED) is 0.0166. The summed E-state index contributed by atoms with van der Waals surface area (Å²) in [5.41, 5.74) is 18.9. The van der Waals surface area contributed by atoms with Gasteiger partial charge in [0.2, 0.25) is 66.5 Å². The summed E-state index contributed by atoms with van der Waals surface area (Å²) < 4.78 is 103. The van der Waals surface area contributed by atoms with Crippen LogP contribution in [0.3, 0.4) is 0 Å². The molecule has 0 aromatic heterocycles. The van der Waals surface area contributed by atoms with Gasteiger partial charge in [-0.05, 0) is 220 Å². The first-order chi connectivity index (χ1) is 69.0. The maximum absolute atomic E-state index is 12.9. The Bertz CT molecular complexity index is 4860. The van der Waals surface area contributed by atoms with E-state index in [1.54, 1.807) is 45.6 Å². The second-order valence-electron chi connectivity index (χ2n) is 46.8. The molecule has 800 valence electrons. The standard InChI is InChI=1S/C112H168O20Si16/c1-81(2)141(113,82(3)4)105-49-33-97(34-50-105)65-73-133-121-134(74-66-98-35-51-106(52-36-98)142(114,83(5)6)84(7)8)124-137(77-69-101-41-57-109(58-42-101)145(117,89(17)18)90(19)20)126-135(122-133,75-67-99-37-53-107(54-38-99)143(115,85(9)10)86(11)12)128-139(79-71-103-45-61-111(62-46-103)147(119,93(25)26)94(27)28)129-136(123-133,76-68-100-39-55-108(56-40-100)144(116,87(13)14)88(15)16)127-138(125-134,78-70-102-43-59-110(60-44-102)146(118,91(21)22)92(23)24)131-140(130-137,132-139)80-72-104-47-63-112(64-48-104)148(120,95(29)30)96(31)32/h33-96,113-120H,1-32H3. The zero-order valence-electron chi connectivity index (χ0n) is 93.4.